The molecule has 1 aliphatic carbocycles. The van der Waals surface area contributed by atoms with Crippen LogP contribution in [0.15, 0.2) is 10.6 Å². The molecule has 0 N–H and O–H groups in total. The molecule has 0 amide bonds. The van der Waals surface area contributed by atoms with E-state index in [-0.39, 0.29) is 21.7 Å². The van der Waals surface area contributed by atoms with E-state index in [1.165, 1.54) is 0 Å². The van der Waals surface area contributed by atoms with Gasteiger partial charge >= 0.3 is 0 Å². The zero-order valence-electron chi connectivity index (χ0n) is 6.47. The molecule has 1 rings (SSSR count). The lowest BCUT2D eigenvalue weighted by Crippen LogP contribution is -1.89. The van der Waals surface area contributed by atoms with Gasteiger partial charge in [0.2, 0.25) is 0 Å². The van der Waals surface area contributed by atoms with Crippen molar-refractivity contribution in [3.8, 4) is 0 Å². The Morgan fingerprint density at radius 1 is 1.36 bits per heavy atom. The monoisotopic (exact) mass is 192 g/mol. The van der Waals surface area contributed by atoms with E-state index >= 15 is 0 Å². The Bertz CT molecular complexity index is 204. The van der Waals surface area contributed by atoms with Gasteiger partial charge in [-0.25, -0.2) is 0 Å². The van der Waals surface area contributed by atoms with Crippen LogP contribution >= 0.6 is 23.2 Å². The molecule has 0 aromatic carbocycles. The van der Waals surface area contributed by atoms with Gasteiger partial charge in [0.25, 0.3) is 0 Å². The molecule has 0 saturated heterocycles. The van der Waals surface area contributed by atoms with Gasteiger partial charge in [0.15, 0.2) is 0 Å². The quantitative estimate of drug-likeness (QED) is 0.616. The maximum Gasteiger partial charge on any atom is 0.124 e. The summed E-state index contributed by atoms with van der Waals surface area (Å²) in [5.74, 6) is 0.319. The van der Waals surface area contributed by atoms with Crippen molar-refractivity contribution in [2.24, 2.45) is 17.3 Å². The SMILES string of the molecule is CC1(C)[C@H](C=O)[C@@H]1C=C(Cl)Cl. The van der Waals surface area contributed by atoms with Crippen molar-refractivity contribution in [3.63, 3.8) is 0 Å². The van der Waals surface area contributed by atoms with Crippen LogP contribution in [0.1, 0.15) is 13.8 Å². The van der Waals surface area contributed by atoms with Gasteiger partial charge in [-0.3, -0.25) is 0 Å². The predicted octanol–water partition coefficient (Wildman–Crippen LogP) is 2.78. The Balaban J connectivity index is 2.67. The minimum absolute atomic E-state index is 0.0524. The number of aldehydes is 1. The molecule has 0 unspecified atom stereocenters. The zero-order chi connectivity index (χ0) is 8.65. The molecule has 0 aromatic rings. The summed E-state index contributed by atoms with van der Waals surface area (Å²) in [7, 11) is 0. The van der Waals surface area contributed by atoms with Crippen LogP contribution < -0.4 is 0 Å². The van der Waals surface area contributed by atoms with E-state index in [0.717, 1.165) is 6.29 Å². The summed E-state index contributed by atoms with van der Waals surface area (Å²) in [5, 5.41) is 0. The number of carbonyl (C=O) groups excluding carboxylic acids is 1. The van der Waals surface area contributed by atoms with Gasteiger partial charge in [0.1, 0.15) is 10.8 Å². The Morgan fingerprint density at radius 3 is 2.18 bits per heavy atom. The lowest BCUT2D eigenvalue weighted by molar-refractivity contribution is -0.109. The van der Waals surface area contributed by atoms with Gasteiger partial charge in [0.05, 0.1) is 0 Å². The molecule has 0 radical (unpaired) electrons. The van der Waals surface area contributed by atoms with Crippen molar-refractivity contribution < 1.29 is 4.79 Å². The standard InChI is InChI=1S/C8H10Cl2O/c1-8(2)5(3-7(9)10)6(8)4-11/h3-6H,1-2H3/t5-,6+/m0/s1. The molecular formula is C8H10Cl2O. The van der Waals surface area contributed by atoms with E-state index in [0.29, 0.717) is 0 Å². The largest absolute Gasteiger partial charge is 0.303 e. The Morgan fingerprint density at radius 2 is 1.91 bits per heavy atom. The van der Waals surface area contributed by atoms with Gasteiger partial charge in [-0.1, -0.05) is 37.0 Å². The van der Waals surface area contributed by atoms with Gasteiger partial charge in [-0.05, 0) is 17.4 Å². The minimum atomic E-state index is 0.0524. The van der Waals surface area contributed by atoms with Crippen molar-refractivity contribution >= 4 is 29.5 Å². The van der Waals surface area contributed by atoms with Crippen LogP contribution in [0, 0.1) is 17.3 Å². The summed E-state index contributed by atoms with van der Waals surface area (Å²) in [5.41, 5.74) is 0.0524. The number of hydrogen-bond donors (Lipinski definition) is 0. The highest BCUT2D eigenvalue weighted by atomic mass is 35.5. The minimum Gasteiger partial charge on any atom is -0.303 e. The second-order valence-electron chi connectivity index (χ2n) is 3.47. The maximum atomic E-state index is 10.5. The normalized spacial score (nSPS) is 32.7. The first-order valence-electron chi connectivity index (χ1n) is 3.48. The molecule has 3 heteroatoms. The molecule has 0 aliphatic heterocycles. The van der Waals surface area contributed by atoms with E-state index in [4.69, 9.17) is 23.2 Å². The predicted molar refractivity (Wildman–Crippen MR) is 46.6 cm³/mol. The van der Waals surface area contributed by atoms with E-state index in [1.807, 2.05) is 13.8 Å². The zero-order valence-corrected chi connectivity index (χ0v) is 7.99. The molecule has 1 fully saturated rings. The number of carbonyl (C=O) groups is 1. The fraction of sp³-hybridized carbons (Fsp3) is 0.625. The van der Waals surface area contributed by atoms with E-state index < -0.39 is 0 Å². The molecule has 1 aliphatic rings. The molecule has 62 valence electrons. The van der Waals surface area contributed by atoms with Crippen LogP contribution in [-0.4, -0.2) is 6.29 Å². The average Bonchev–Trinajstić information content (AvgIpc) is 2.33. The number of halogens is 2. The number of rotatable bonds is 2. The smallest absolute Gasteiger partial charge is 0.124 e. The van der Waals surface area contributed by atoms with Crippen LogP contribution in [0.4, 0.5) is 0 Å². The number of hydrogen-bond acceptors (Lipinski definition) is 1. The fourth-order valence-electron chi connectivity index (χ4n) is 1.43. The lowest BCUT2D eigenvalue weighted by atomic mass is 10.1. The molecule has 0 heterocycles. The highest BCUT2D eigenvalue weighted by Crippen LogP contribution is 2.58. The second kappa shape index (κ2) is 2.80. The Labute approximate surface area is 76.4 Å². The van der Waals surface area contributed by atoms with E-state index in [2.05, 4.69) is 0 Å². The highest BCUT2D eigenvalue weighted by Gasteiger charge is 2.56. The summed E-state index contributed by atoms with van der Waals surface area (Å²) in [6.07, 6.45) is 2.71. The molecular weight excluding hydrogens is 183 g/mol. The summed E-state index contributed by atoms with van der Waals surface area (Å²) in [4.78, 5) is 10.5. The third-order valence-corrected chi connectivity index (χ3v) is 2.70. The van der Waals surface area contributed by atoms with Crippen LogP contribution in [0.3, 0.4) is 0 Å². The van der Waals surface area contributed by atoms with E-state index in [9.17, 15) is 4.79 Å². The Hall–Kier alpha value is -0.0100. The van der Waals surface area contributed by atoms with Gasteiger partial charge in [0, 0.05) is 5.92 Å². The van der Waals surface area contributed by atoms with Crippen molar-refractivity contribution in [2.75, 3.05) is 0 Å². The van der Waals surface area contributed by atoms with Crippen molar-refractivity contribution in [1.29, 1.82) is 0 Å². The van der Waals surface area contributed by atoms with Crippen LogP contribution in [0.5, 0.6) is 0 Å². The highest BCUT2D eigenvalue weighted by molar-refractivity contribution is 6.55. The lowest BCUT2D eigenvalue weighted by Gasteiger charge is -1.95. The number of allylic oxidation sites excluding steroid dienone is 1. The van der Waals surface area contributed by atoms with Gasteiger partial charge in [-0.15, -0.1) is 0 Å². The average molecular weight is 193 g/mol. The first-order chi connectivity index (χ1) is 5.00. The van der Waals surface area contributed by atoms with Gasteiger partial charge < -0.3 is 4.79 Å². The molecule has 2 atom stereocenters. The van der Waals surface area contributed by atoms with Crippen LogP contribution in [-0.2, 0) is 4.79 Å². The van der Waals surface area contributed by atoms with Crippen molar-refractivity contribution in [1.82, 2.24) is 0 Å². The third kappa shape index (κ3) is 1.60. The summed E-state index contributed by atoms with van der Waals surface area (Å²) in [6.45, 7) is 4.06. The van der Waals surface area contributed by atoms with Crippen LogP contribution in [0.2, 0.25) is 0 Å². The topological polar surface area (TPSA) is 17.1 Å². The summed E-state index contributed by atoms with van der Waals surface area (Å²) >= 11 is 10.9. The first kappa shape index (κ1) is 9.08. The van der Waals surface area contributed by atoms with E-state index in [1.54, 1.807) is 6.08 Å². The third-order valence-electron chi connectivity index (χ3n) is 2.45. The van der Waals surface area contributed by atoms with Crippen LogP contribution in [0.25, 0.3) is 0 Å². The molecule has 11 heavy (non-hydrogen) atoms. The molecule has 1 saturated carbocycles. The maximum absolute atomic E-state index is 10.5. The molecule has 0 bridgehead atoms. The van der Waals surface area contributed by atoms with Crippen molar-refractivity contribution in [2.45, 2.75) is 13.8 Å². The molecule has 0 spiro atoms. The second-order valence-corrected chi connectivity index (χ2v) is 4.47. The first-order valence-corrected chi connectivity index (χ1v) is 4.24. The van der Waals surface area contributed by atoms with Crippen molar-refractivity contribution in [3.05, 3.63) is 10.6 Å². The van der Waals surface area contributed by atoms with Gasteiger partial charge in [-0.2, -0.15) is 0 Å². The fourth-order valence-corrected chi connectivity index (χ4v) is 1.70. The summed E-state index contributed by atoms with van der Waals surface area (Å²) < 4.78 is 0.257. The molecule has 1 nitrogen and oxygen atoms in total. The summed E-state index contributed by atoms with van der Waals surface area (Å²) in [6, 6.07) is 0. The Kier molecular flexibility index (Phi) is 2.31. The molecule has 0 aromatic heterocycles.